The summed E-state index contributed by atoms with van der Waals surface area (Å²) in [5, 5.41) is 4.42. The van der Waals surface area contributed by atoms with E-state index in [1.54, 1.807) is 0 Å². The van der Waals surface area contributed by atoms with Gasteiger partial charge in [-0.3, -0.25) is 0 Å². The highest BCUT2D eigenvalue weighted by Gasteiger charge is 2.47. The third-order valence-corrected chi connectivity index (χ3v) is 11.3. The molecule has 0 amide bonds. The average Bonchev–Trinajstić information content (AvgIpc) is 3.87. The van der Waals surface area contributed by atoms with E-state index in [2.05, 4.69) is 157 Å². The number of para-hydroxylation sites is 3. The Morgan fingerprint density at radius 2 is 1.15 bits per heavy atom. The van der Waals surface area contributed by atoms with Crippen LogP contribution in [-0.4, -0.2) is 0 Å². The fourth-order valence-corrected chi connectivity index (χ4v) is 9.08. The fraction of sp³-hybridized carbons (Fsp3) is 0.0612. The van der Waals surface area contributed by atoms with Crippen LogP contribution in [-0.2, 0) is 5.41 Å². The molecule has 0 fully saturated rings. The van der Waals surface area contributed by atoms with E-state index in [1.807, 2.05) is 24.3 Å². The number of hydrogen-bond donors (Lipinski definition) is 0. The SMILES string of the molecule is C1=CC2=C(CC1)C(c1ccccc1)(c1ccc(N(c3ccc4c(c3)oc3ccccc34)c3cccc4c3oc3ccccc34)cc1)c1ccccc12. The molecule has 1 unspecified atom stereocenters. The molecule has 2 aliphatic carbocycles. The molecule has 3 nitrogen and oxygen atoms in total. The van der Waals surface area contributed by atoms with Crippen molar-refractivity contribution in [2.45, 2.75) is 18.3 Å². The Hall–Kier alpha value is -6.58. The second-order valence-electron chi connectivity index (χ2n) is 13.9. The average molecular weight is 668 g/mol. The van der Waals surface area contributed by atoms with Crippen LogP contribution in [0.2, 0.25) is 0 Å². The Morgan fingerprint density at radius 1 is 0.500 bits per heavy atom. The molecule has 2 aromatic heterocycles. The highest BCUT2D eigenvalue weighted by molar-refractivity contribution is 6.11. The van der Waals surface area contributed by atoms with Crippen molar-refractivity contribution in [2.24, 2.45) is 0 Å². The van der Waals surface area contributed by atoms with Crippen LogP contribution in [0.25, 0.3) is 49.5 Å². The minimum atomic E-state index is -0.382. The van der Waals surface area contributed by atoms with E-state index >= 15 is 0 Å². The first kappa shape index (κ1) is 29.2. The third kappa shape index (κ3) is 4.08. The fourth-order valence-electron chi connectivity index (χ4n) is 9.08. The number of rotatable bonds is 5. The minimum absolute atomic E-state index is 0.382. The van der Waals surface area contributed by atoms with Crippen molar-refractivity contribution < 1.29 is 8.83 Å². The molecule has 0 N–H and O–H groups in total. The number of hydrogen-bond acceptors (Lipinski definition) is 3. The van der Waals surface area contributed by atoms with Gasteiger partial charge in [0.05, 0.1) is 16.8 Å². The molecule has 0 spiro atoms. The van der Waals surface area contributed by atoms with Crippen molar-refractivity contribution in [3.05, 3.63) is 204 Å². The highest BCUT2D eigenvalue weighted by atomic mass is 16.3. The molecule has 0 radical (unpaired) electrons. The molecule has 7 aromatic carbocycles. The molecule has 0 bridgehead atoms. The number of allylic oxidation sites excluding steroid dienone is 4. The Balaban J connectivity index is 1.14. The molecule has 0 saturated carbocycles. The maximum absolute atomic E-state index is 6.64. The van der Waals surface area contributed by atoms with Gasteiger partial charge in [0.25, 0.3) is 0 Å². The molecular formula is C49H33NO2. The number of nitrogens with zero attached hydrogens (tertiary/aromatic N) is 1. The summed E-state index contributed by atoms with van der Waals surface area (Å²) in [7, 11) is 0. The summed E-state index contributed by atoms with van der Waals surface area (Å²) in [6.07, 6.45) is 6.74. The van der Waals surface area contributed by atoms with E-state index in [4.69, 9.17) is 8.83 Å². The minimum Gasteiger partial charge on any atom is -0.456 e. The number of furan rings is 2. The van der Waals surface area contributed by atoms with Crippen LogP contribution in [0.3, 0.4) is 0 Å². The van der Waals surface area contributed by atoms with Crippen LogP contribution < -0.4 is 4.90 Å². The van der Waals surface area contributed by atoms with Gasteiger partial charge < -0.3 is 13.7 Å². The second kappa shape index (κ2) is 11.2. The second-order valence-corrected chi connectivity index (χ2v) is 13.9. The van der Waals surface area contributed by atoms with Crippen molar-refractivity contribution in [3.63, 3.8) is 0 Å². The first-order chi connectivity index (χ1) is 25.8. The summed E-state index contributed by atoms with van der Waals surface area (Å²) >= 11 is 0. The first-order valence-electron chi connectivity index (χ1n) is 18.1. The van der Waals surface area contributed by atoms with E-state index in [0.717, 1.165) is 73.8 Å². The molecule has 0 aliphatic heterocycles. The molecule has 3 heteroatoms. The molecule has 2 heterocycles. The van der Waals surface area contributed by atoms with Crippen molar-refractivity contribution in [1.29, 1.82) is 0 Å². The Labute approximate surface area is 301 Å². The number of benzene rings is 7. The summed E-state index contributed by atoms with van der Waals surface area (Å²) in [5.74, 6) is 0. The predicted molar refractivity (Wildman–Crippen MR) is 214 cm³/mol. The molecule has 1 atom stereocenters. The standard InChI is InChI=1S/C49H33NO2/c1-2-13-32(14-3-1)49(42-20-8-4-15-36(42)37-16-5-9-21-43(37)49)33-25-27-34(28-26-33)50(35-29-30-40-38-17-6-10-23-45(38)51-47(40)31-35)44-22-12-19-41-39-18-7-11-24-46(39)52-48(41)44/h1-8,10-20,22-31H,9,21H2. The summed E-state index contributed by atoms with van der Waals surface area (Å²) in [5.41, 5.74) is 14.2. The van der Waals surface area contributed by atoms with Crippen LogP contribution in [0.5, 0.6) is 0 Å². The van der Waals surface area contributed by atoms with Gasteiger partial charge in [0.1, 0.15) is 16.7 Å². The van der Waals surface area contributed by atoms with Crippen molar-refractivity contribution in [1.82, 2.24) is 0 Å². The molecule has 11 rings (SSSR count). The quantitative estimate of drug-likeness (QED) is 0.183. The van der Waals surface area contributed by atoms with Gasteiger partial charge in [0.2, 0.25) is 0 Å². The van der Waals surface area contributed by atoms with Crippen LogP contribution in [0.15, 0.2) is 190 Å². The maximum Gasteiger partial charge on any atom is 0.159 e. The lowest BCUT2D eigenvalue weighted by atomic mass is 9.65. The van der Waals surface area contributed by atoms with Crippen LogP contribution in [0, 0.1) is 0 Å². The first-order valence-corrected chi connectivity index (χ1v) is 18.1. The van der Waals surface area contributed by atoms with Crippen molar-refractivity contribution in [3.8, 4) is 0 Å². The van der Waals surface area contributed by atoms with Crippen molar-refractivity contribution in [2.75, 3.05) is 4.90 Å². The van der Waals surface area contributed by atoms with Gasteiger partial charge in [0.15, 0.2) is 5.58 Å². The van der Waals surface area contributed by atoms with Crippen LogP contribution >= 0.6 is 0 Å². The van der Waals surface area contributed by atoms with Gasteiger partial charge in [0, 0.05) is 33.3 Å². The lowest BCUT2D eigenvalue weighted by molar-refractivity contribution is 0.667. The van der Waals surface area contributed by atoms with Gasteiger partial charge in [-0.1, -0.05) is 127 Å². The van der Waals surface area contributed by atoms with Gasteiger partial charge in [-0.05, 0) is 88.7 Å². The zero-order valence-electron chi connectivity index (χ0n) is 28.4. The van der Waals surface area contributed by atoms with Gasteiger partial charge in [-0.15, -0.1) is 0 Å². The largest absolute Gasteiger partial charge is 0.456 e. The smallest absolute Gasteiger partial charge is 0.159 e. The molecule has 0 saturated heterocycles. The number of anilines is 3. The van der Waals surface area contributed by atoms with E-state index in [9.17, 15) is 0 Å². The van der Waals surface area contributed by atoms with Crippen LogP contribution in [0.1, 0.15) is 35.1 Å². The molecular weight excluding hydrogens is 635 g/mol. The van der Waals surface area contributed by atoms with E-state index in [1.165, 1.54) is 33.4 Å². The van der Waals surface area contributed by atoms with E-state index in [-0.39, 0.29) is 5.41 Å². The Kier molecular flexibility index (Phi) is 6.29. The summed E-state index contributed by atoms with van der Waals surface area (Å²) in [6.45, 7) is 0. The molecule has 246 valence electrons. The van der Waals surface area contributed by atoms with Crippen LogP contribution in [0.4, 0.5) is 17.1 Å². The third-order valence-electron chi connectivity index (χ3n) is 11.3. The van der Waals surface area contributed by atoms with E-state index < -0.39 is 0 Å². The zero-order chi connectivity index (χ0) is 34.2. The maximum atomic E-state index is 6.64. The van der Waals surface area contributed by atoms with Gasteiger partial charge >= 0.3 is 0 Å². The monoisotopic (exact) mass is 667 g/mol. The Morgan fingerprint density at radius 3 is 2.00 bits per heavy atom. The molecule has 52 heavy (non-hydrogen) atoms. The normalized spacial score (nSPS) is 16.6. The van der Waals surface area contributed by atoms with Gasteiger partial charge in [-0.2, -0.15) is 0 Å². The summed E-state index contributed by atoms with van der Waals surface area (Å²) in [4.78, 5) is 2.31. The zero-order valence-corrected chi connectivity index (χ0v) is 28.4. The topological polar surface area (TPSA) is 29.5 Å². The van der Waals surface area contributed by atoms with E-state index in [0.29, 0.717) is 0 Å². The molecule has 9 aromatic rings. The van der Waals surface area contributed by atoms with Gasteiger partial charge in [-0.25, -0.2) is 0 Å². The lowest BCUT2D eigenvalue weighted by Gasteiger charge is -2.37. The molecule has 2 aliphatic rings. The predicted octanol–water partition coefficient (Wildman–Crippen LogP) is 13.4. The highest BCUT2D eigenvalue weighted by Crippen LogP contribution is 2.57. The summed E-state index contributed by atoms with van der Waals surface area (Å²) in [6, 6.07) is 58.8. The Bertz CT molecular complexity index is 2910. The van der Waals surface area contributed by atoms with Crippen molar-refractivity contribution >= 4 is 66.5 Å². The summed E-state index contributed by atoms with van der Waals surface area (Å²) < 4.78 is 13.1. The number of fused-ring (bicyclic) bond motifs is 8. The lowest BCUT2D eigenvalue weighted by Crippen LogP contribution is -2.30.